The van der Waals surface area contributed by atoms with Gasteiger partial charge in [0.2, 0.25) is 0 Å². The lowest BCUT2D eigenvalue weighted by molar-refractivity contribution is 0.361. The highest BCUT2D eigenvalue weighted by molar-refractivity contribution is 9.10. The van der Waals surface area contributed by atoms with Crippen molar-refractivity contribution in [1.29, 1.82) is 0 Å². The largest absolute Gasteiger partial charge is 0.494 e. The van der Waals surface area contributed by atoms with E-state index in [9.17, 15) is 0 Å². The Hall–Kier alpha value is -2.14. The number of benzene rings is 1. The quantitative estimate of drug-likeness (QED) is 0.721. The third-order valence-corrected chi connectivity index (χ3v) is 3.57. The van der Waals surface area contributed by atoms with Crippen LogP contribution in [0.15, 0.2) is 59.5 Å². The van der Waals surface area contributed by atoms with Crippen molar-refractivity contribution in [2.75, 3.05) is 6.61 Å². The number of nitrogens with zero attached hydrogens (tertiary/aromatic N) is 3. The zero-order valence-corrected chi connectivity index (χ0v) is 12.8. The Morgan fingerprint density at radius 1 is 1.10 bits per heavy atom. The van der Waals surface area contributed by atoms with Crippen molar-refractivity contribution in [2.45, 2.75) is 0 Å². The molecule has 0 amide bonds. The predicted octanol–water partition coefficient (Wildman–Crippen LogP) is 3.91. The molecule has 5 heteroatoms. The molecule has 2 heterocycles. The maximum Gasteiger partial charge on any atom is 0.119 e. The van der Waals surface area contributed by atoms with E-state index in [0.29, 0.717) is 6.61 Å². The van der Waals surface area contributed by atoms with Gasteiger partial charge in [-0.25, -0.2) is 4.68 Å². The maximum absolute atomic E-state index is 5.34. The van der Waals surface area contributed by atoms with E-state index in [4.69, 9.17) is 4.74 Å². The van der Waals surface area contributed by atoms with E-state index in [-0.39, 0.29) is 0 Å². The van der Waals surface area contributed by atoms with Crippen molar-refractivity contribution in [2.24, 2.45) is 0 Å². The molecule has 0 bridgehead atoms. The number of aromatic nitrogens is 3. The molecule has 0 aliphatic heterocycles. The second kappa shape index (κ2) is 6.10. The van der Waals surface area contributed by atoms with Crippen LogP contribution in [-0.4, -0.2) is 21.4 Å². The molecule has 0 aliphatic carbocycles. The number of hydrogen-bond acceptors (Lipinski definition) is 3. The van der Waals surface area contributed by atoms with Crippen molar-refractivity contribution in [1.82, 2.24) is 14.8 Å². The molecule has 0 saturated carbocycles. The number of ether oxygens (including phenoxy) is 1. The monoisotopic (exact) mass is 342 g/mol. The lowest BCUT2D eigenvalue weighted by Crippen LogP contribution is -1.96. The normalized spacial score (nSPS) is 10.6. The number of rotatable bonds is 4. The molecule has 4 nitrogen and oxygen atoms in total. The zero-order chi connectivity index (χ0) is 14.7. The van der Waals surface area contributed by atoms with Crippen LogP contribution in [0, 0.1) is 6.92 Å². The first-order chi connectivity index (χ1) is 10.3. The van der Waals surface area contributed by atoms with Gasteiger partial charge in [-0.05, 0) is 59.3 Å². The van der Waals surface area contributed by atoms with Crippen molar-refractivity contribution in [3.8, 4) is 22.7 Å². The van der Waals surface area contributed by atoms with E-state index in [1.54, 1.807) is 12.4 Å². The van der Waals surface area contributed by atoms with Gasteiger partial charge in [0.25, 0.3) is 0 Å². The van der Waals surface area contributed by atoms with Crippen molar-refractivity contribution < 1.29 is 4.74 Å². The highest BCUT2D eigenvalue weighted by Gasteiger charge is 2.10. The van der Waals surface area contributed by atoms with Crippen LogP contribution in [0.4, 0.5) is 0 Å². The third-order valence-electron chi connectivity index (χ3n) is 2.99. The van der Waals surface area contributed by atoms with Crippen LogP contribution in [0.1, 0.15) is 0 Å². The van der Waals surface area contributed by atoms with Gasteiger partial charge in [0.1, 0.15) is 11.4 Å². The Bertz CT molecular complexity index is 723. The third kappa shape index (κ3) is 2.97. The minimum absolute atomic E-state index is 0.416. The summed E-state index contributed by atoms with van der Waals surface area (Å²) in [4.78, 5) is 4.02. The highest BCUT2D eigenvalue weighted by Crippen LogP contribution is 2.27. The van der Waals surface area contributed by atoms with Gasteiger partial charge in [0.05, 0.1) is 16.8 Å². The molecule has 0 aliphatic rings. The minimum atomic E-state index is 0.416. The van der Waals surface area contributed by atoms with Crippen LogP contribution in [0.3, 0.4) is 0 Å². The van der Waals surface area contributed by atoms with E-state index in [1.165, 1.54) is 0 Å². The molecule has 1 aromatic carbocycles. The van der Waals surface area contributed by atoms with E-state index < -0.39 is 0 Å². The molecule has 2 aromatic heterocycles. The fourth-order valence-electron chi connectivity index (χ4n) is 2.00. The van der Waals surface area contributed by atoms with Crippen LogP contribution in [0.25, 0.3) is 16.9 Å². The molecule has 0 saturated heterocycles. The maximum atomic E-state index is 5.34. The average Bonchev–Trinajstić information content (AvgIpc) is 2.91. The molecule has 3 aromatic rings. The Morgan fingerprint density at radius 2 is 1.81 bits per heavy atom. The SMILES string of the molecule is [CH2]COc1ccc(-n2cc(Br)c(-c3ccncc3)n2)cc1. The summed E-state index contributed by atoms with van der Waals surface area (Å²) >= 11 is 3.55. The molecule has 0 N–H and O–H groups in total. The molecule has 0 atom stereocenters. The molecule has 0 fully saturated rings. The van der Waals surface area contributed by atoms with Gasteiger partial charge in [0.15, 0.2) is 0 Å². The topological polar surface area (TPSA) is 39.9 Å². The van der Waals surface area contributed by atoms with Crippen molar-refractivity contribution in [3.05, 3.63) is 66.4 Å². The van der Waals surface area contributed by atoms with Crippen LogP contribution in [0.2, 0.25) is 0 Å². The van der Waals surface area contributed by atoms with Crippen LogP contribution >= 0.6 is 15.9 Å². The Kier molecular flexibility index (Phi) is 4.01. The lowest BCUT2D eigenvalue weighted by Gasteiger charge is -2.04. The van der Waals surface area contributed by atoms with Crippen LogP contribution in [-0.2, 0) is 0 Å². The zero-order valence-electron chi connectivity index (χ0n) is 11.2. The average molecular weight is 343 g/mol. The number of pyridine rings is 1. The van der Waals surface area contributed by atoms with E-state index >= 15 is 0 Å². The summed E-state index contributed by atoms with van der Waals surface area (Å²) < 4.78 is 8.10. The molecule has 105 valence electrons. The molecule has 0 unspecified atom stereocenters. The summed E-state index contributed by atoms with van der Waals surface area (Å²) in [6.07, 6.45) is 5.45. The second-order valence-corrected chi connectivity index (χ2v) is 5.20. The van der Waals surface area contributed by atoms with Crippen LogP contribution < -0.4 is 4.74 Å². The van der Waals surface area contributed by atoms with Gasteiger partial charge in [0, 0.05) is 24.2 Å². The Balaban J connectivity index is 1.93. The van der Waals surface area contributed by atoms with Gasteiger partial charge >= 0.3 is 0 Å². The fraction of sp³-hybridized carbons (Fsp3) is 0.0625. The summed E-state index contributed by atoms with van der Waals surface area (Å²) in [7, 11) is 0. The van der Waals surface area contributed by atoms with E-state index in [2.05, 4.69) is 32.9 Å². The molecule has 1 radical (unpaired) electrons. The van der Waals surface area contributed by atoms with Gasteiger partial charge in [-0.3, -0.25) is 4.98 Å². The van der Waals surface area contributed by atoms with Gasteiger partial charge in [-0.15, -0.1) is 0 Å². The highest BCUT2D eigenvalue weighted by atomic mass is 79.9. The smallest absolute Gasteiger partial charge is 0.119 e. The second-order valence-electron chi connectivity index (χ2n) is 4.35. The summed E-state index contributed by atoms with van der Waals surface area (Å²) in [6.45, 7) is 4.07. The standard InChI is InChI=1S/C16H13BrN3O/c1-2-21-14-5-3-13(4-6-14)20-11-15(17)16(19-20)12-7-9-18-10-8-12/h3-11H,1-2H2. The van der Waals surface area contributed by atoms with Crippen molar-refractivity contribution >= 4 is 15.9 Å². The molecule has 3 rings (SSSR count). The molecular formula is C16H13BrN3O. The molecular weight excluding hydrogens is 330 g/mol. The summed E-state index contributed by atoms with van der Waals surface area (Å²) in [5.74, 6) is 0.800. The molecule has 21 heavy (non-hydrogen) atoms. The van der Waals surface area contributed by atoms with Crippen LogP contribution in [0.5, 0.6) is 5.75 Å². The minimum Gasteiger partial charge on any atom is -0.494 e. The van der Waals surface area contributed by atoms with E-state index in [1.807, 2.05) is 47.3 Å². The van der Waals surface area contributed by atoms with Gasteiger partial charge in [-0.1, -0.05) is 0 Å². The Labute approximate surface area is 131 Å². The lowest BCUT2D eigenvalue weighted by atomic mass is 10.2. The van der Waals surface area contributed by atoms with Gasteiger partial charge < -0.3 is 4.74 Å². The summed E-state index contributed by atoms with van der Waals surface area (Å²) in [6, 6.07) is 11.6. The number of hydrogen-bond donors (Lipinski definition) is 0. The number of halogens is 1. The summed E-state index contributed by atoms with van der Waals surface area (Å²) in [5, 5.41) is 4.61. The summed E-state index contributed by atoms with van der Waals surface area (Å²) in [5.41, 5.74) is 2.87. The molecule has 0 spiro atoms. The first-order valence-corrected chi connectivity index (χ1v) is 7.25. The predicted molar refractivity (Wildman–Crippen MR) is 85.3 cm³/mol. The first kappa shape index (κ1) is 13.8. The Morgan fingerprint density at radius 3 is 2.48 bits per heavy atom. The van der Waals surface area contributed by atoms with Gasteiger partial charge in [-0.2, -0.15) is 5.10 Å². The van der Waals surface area contributed by atoms with E-state index in [0.717, 1.165) is 27.2 Å². The fourth-order valence-corrected chi connectivity index (χ4v) is 2.51. The van der Waals surface area contributed by atoms with Crippen molar-refractivity contribution in [3.63, 3.8) is 0 Å². The first-order valence-electron chi connectivity index (χ1n) is 6.46.